The van der Waals surface area contributed by atoms with E-state index in [1.807, 2.05) is 11.1 Å². The molecule has 0 saturated carbocycles. The number of nitrogens with zero attached hydrogens (tertiary/aromatic N) is 2. The summed E-state index contributed by atoms with van der Waals surface area (Å²) in [5.74, 6) is 1.10. The summed E-state index contributed by atoms with van der Waals surface area (Å²) in [6.45, 7) is 8.55. The Balaban J connectivity index is 1.64. The molecule has 136 valence electrons. The highest BCUT2D eigenvalue weighted by molar-refractivity contribution is 5.78. The Hall–Kier alpha value is -1.92. The van der Waals surface area contributed by atoms with E-state index in [9.17, 15) is 4.79 Å². The minimum absolute atomic E-state index is 0.0320. The molecule has 2 heterocycles. The van der Waals surface area contributed by atoms with Gasteiger partial charge in [-0.1, -0.05) is 19.9 Å². The van der Waals surface area contributed by atoms with Crippen molar-refractivity contribution in [3.63, 3.8) is 0 Å². The number of fused-ring (bicyclic) bond motifs is 1. The fourth-order valence-electron chi connectivity index (χ4n) is 3.14. The molecule has 0 bridgehead atoms. The Labute approximate surface area is 148 Å². The predicted octanol–water partition coefficient (Wildman–Crippen LogP) is 3.10. The van der Waals surface area contributed by atoms with E-state index in [-0.39, 0.29) is 17.9 Å². The van der Waals surface area contributed by atoms with Gasteiger partial charge in [0, 0.05) is 19.5 Å². The van der Waals surface area contributed by atoms with Crippen LogP contribution in [0.1, 0.15) is 50.5 Å². The number of imidazole rings is 1. The number of amides is 1. The first-order valence-corrected chi connectivity index (χ1v) is 9.16. The second-order valence-corrected chi connectivity index (χ2v) is 7.15. The van der Waals surface area contributed by atoms with Gasteiger partial charge in [0.1, 0.15) is 5.82 Å². The van der Waals surface area contributed by atoms with Gasteiger partial charge < -0.3 is 10.3 Å². The van der Waals surface area contributed by atoms with Gasteiger partial charge in [0.15, 0.2) is 0 Å². The van der Waals surface area contributed by atoms with E-state index < -0.39 is 0 Å². The molecule has 25 heavy (non-hydrogen) atoms. The number of carbonyl (C=O) groups is 1. The van der Waals surface area contributed by atoms with Crippen LogP contribution < -0.4 is 5.32 Å². The first-order chi connectivity index (χ1) is 12.0. The number of hydrogen-bond donors (Lipinski definition) is 2. The fraction of sp³-hybridized carbons (Fsp3) is 0.579. The van der Waals surface area contributed by atoms with E-state index in [1.165, 1.54) is 5.56 Å². The zero-order chi connectivity index (χ0) is 17.8. The van der Waals surface area contributed by atoms with Gasteiger partial charge >= 0.3 is 0 Å². The van der Waals surface area contributed by atoms with Crippen molar-refractivity contribution in [3.8, 4) is 0 Å². The summed E-state index contributed by atoms with van der Waals surface area (Å²) in [5.41, 5.74) is 3.13. The van der Waals surface area contributed by atoms with E-state index in [1.54, 1.807) is 0 Å². The molecule has 1 aromatic carbocycles. The maximum absolute atomic E-state index is 12.4. The van der Waals surface area contributed by atoms with Crippen molar-refractivity contribution in [1.29, 1.82) is 0 Å². The van der Waals surface area contributed by atoms with Gasteiger partial charge in [0.2, 0.25) is 5.91 Å². The van der Waals surface area contributed by atoms with Crippen molar-refractivity contribution in [1.82, 2.24) is 20.3 Å². The average molecular weight is 344 g/mol. The van der Waals surface area contributed by atoms with Crippen LogP contribution in [0.25, 0.3) is 11.0 Å². The maximum Gasteiger partial charge on any atom is 0.221 e. The van der Waals surface area contributed by atoms with E-state index in [0.717, 1.165) is 42.9 Å². The summed E-state index contributed by atoms with van der Waals surface area (Å²) in [4.78, 5) is 26.0. The lowest BCUT2D eigenvalue weighted by molar-refractivity contribution is -0.181. The standard InChI is InChI=1S/C19H28N4O2/c1-13(2)18(19-20-15-7-6-14(3)12-16(15)21-19)22-17(24)8-10-23-9-4-5-11-25-23/h6-7,12-13,18H,4-5,8-11H2,1-3H3,(H,20,21)(H,22,24). The number of aromatic amines is 1. The van der Waals surface area contributed by atoms with Crippen molar-refractivity contribution < 1.29 is 9.63 Å². The Bertz CT molecular complexity index is 719. The molecule has 6 nitrogen and oxygen atoms in total. The number of hydroxylamine groups is 2. The molecule has 1 saturated heterocycles. The molecular weight excluding hydrogens is 316 g/mol. The molecule has 2 aromatic rings. The Kier molecular flexibility index (Phi) is 5.71. The SMILES string of the molecule is Cc1ccc2nc(C(NC(=O)CCN3CCCCO3)C(C)C)[nH]c2c1. The van der Waals surface area contributed by atoms with Gasteiger partial charge in [-0.3, -0.25) is 9.63 Å². The summed E-state index contributed by atoms with van der Waals surface area (Å²) < 4.78 is 0. The first-order valence-electron chi connectivity index (χ1n) is 9.16. The molecule has 0 aliphatic carbocycles. The van der Waals surface area contributed by atoms with Gasteiger partial charge in [-0.2, -0.15) is 5.06 Å². The van der Waals surface area contributed by atoms with Gasteiger partial charge in [0.25, 0.3) is 0 Å². The number of benzene rings is 1. The molecule has 3 rings (SSSR count). The zero-order valence-corrected chi connectivity index (χ0v) is 15.3. The van der Waals surface area contributed by atoms with E-state index >= 15 is 0 Å². The molecule has 1 aliphatic rings. The van der Waals surface area contributed by atoms with Gasteiger partial charge in [-0.25, -0.2) is 4.98 Å². The average Bonchev–Trinajstić information content (AvgIpc) is 3.01. The highest BCUT2D eigenvalue weighted by Gasteiger charge is 2.22. The van der Waals surface area contributed by atoms with Crippen molar-refractivity contribution in [3.05, 3.63) is 29.6 Å². The lowest BCUT2D eigenvalue weighted by Crippen LogP contribution is -2.37. The molecular formula is C19H28N4O2. The van der Waals surface area contributed by atoms with E-state index in [2.05, 4.69) is 48.2 Å². The predicted molar refractivity (Wildman–Crippen MR) is 97.9 cm³/mol. The summed E-state index contributed by atoms with van der Waals surface area (Å²) >= 11 is 0. The molecule has 1 atom stereocenters. The van der Waals surface area contributed by atoms with Crippen LogP contribution in [0, 0.1) is 12.8 Å². The third-order valence-corrected chi connectivity index (χ3v) is 4.60. The van der Waals surface area contributed by atoms with Crippen LogP contribution >= 0.6 is 0 Å². The smallest absolute Gasteiger partial charge is 0.221 e. The van der Waals surface area contributed by atoms with Crippen LogP contribution in [-0.2, 0) is 9.63 Å². The molecule has 6 heteroatoms. The van der Waals surface area contributed by atoms with E-state index in [0.29, 0.717) is 13.0 Å². The summed E-state index contributed by atoms with van der Waals surface area (Å²) in [6, 6.07) is 6.02. The van der Waals surface area contributed by atoms with Crippen molar-refractivity contribution >= 4 is 16.9 Å². The summed E-state index contributed by atoms with van der Waals surface area (Å²) in [6.07, 6.45) is 2.67. The normalized spacial score (nSPS) is 17.1. The van der Waals surface area contributed by atoms with Crippen LogP contribution in [0.15, 0.2) is 18.2 Å². The number of carbonyl (C=O) groups excluding carboxylic acids is 1. The van der Waals surface area contributed by atoms with Gasteiger partial charge in [0.05, 0.1) is 23.7 Å². The molecule has 0 spiro atoms. The van der Waals surface area contributed by atoms with Crippen LogP contribution in [-0.4, -0.2) is 40.6 Å². The van der Waals surface area contributed by atoms with Gasteiger partial charge in [-0.15, -0.1) is 0 Å². The topological polar surface area (TPSA) is 70.2 Å². The van der Waals surface area contributed by atoms with E-state index in [4.69, 9.17) is 4.84 Å². The number of H-pyrrole nitrogens is 1. The fourth-order valence-corrected chi connectivity index (χ4v) is 3.14. The molecule has 1 fully saturated rings. The molecule has 1 aliphatic heterocycles. The number of rotatable bonds is 6. The van der Waals surface area contributed by atoms with Crippen molar-refractivity contribution in [2.75, 3.05) is 19.7 Å². The minimum atomic E-state index is -0.123. The molecule has 1 amide bonds. The number of nitrogens with one attached hydrogen (secondary N) is 2. The molecule has 0 radical (unpaired) electrons. The second kappa shape index (κ2) is 7.97. The first kappa shape index (κ1) is 17.9. The molecule has 1 unspecified atom stereocenters. The molecule has 2 N–H and O–H groups in total. The maximum atomic E-state index is 12.4. The van der Waals surface area contributed by atoms with Crippen LogP contribution in [0.2, 0.25) is 0 Å². The van der Waals surface area contributed by atoms with Gasteiger partial charge in [-0.05, 0) is 43.4 Å². The third kappa shape index (κ3) is 4.58. The third-order valence-electron chi connectivity index (χ3n) is 4.60. The van der Waals surface area contributed by atoms with Crippen LogP contribution in [0.4, 0.5) is 0 Å². The summed E-state index contributed by atoms with van der Waals surface area (Å²) in [5, 5.41) is 5.03. The van der Waals surface area contributed by atoms with Crippen molar-refractivity contribution in [2.24, 2.45) is 5.92 Å². The Morgan fingerprint density at radius 2 is 2.24 bits per heavy atom. The quantitative estimate of drug-likeness (QED) is 0.845. The largest absolute Gasteiger partial charge is 0.346 e. The minimum Gasteiger partial charge on any atom is -0.346 e. The Morgan fingerprint density at radius 1 is 1.40 bits per heavy atom. The second-order valence-electron chi connectivity index (χ2n) is 7.15. The number of hydrogen-bond acceptors (Lipinski definition) is 4. The monoisotopic (exact) mass is 344 g/mol. The molecule has 1 aromatic heterocycles. The van der Waals surface area contributed by atoms with Crippen LogP contribution in [0.3, 0.4) is 0 Å². The summed E-state index contributed by atoms with van der Waals surface area (Å²) in [7, 11) is 0. The zero-order valence-electron chi connectivity index (χ0n) is 15.3. The Morgan fingerprint density at radius 3 is 2.96 bits per heavy atom. The van der Waals surface area contributed by atoms with Crippen molar-refractivity contribution in [2.45, 2.75) is 46.1 Å². The van der Waals surface area contributed by atoms with Crippen LogP contribution in [0.5, 0.6) is 0 Å². The lowest BCUT2D eigenvalue weighted by Gasteiger charge is -2.26. The number of aromatic nitrogens is 2. The highest BCUT2D eigenvalue weighted by Crippen LogP contribution is 2.23. The highest BCUT2D eigenvalue weighted by atomic mass is 16.7. The lowest BCUT2D eigenvalue weighted by atomic mass is 10.0. The number of aryl methyl sites for hydroxylation is 1.